The molecule has 34 heavy (non-hydrogen) atoms. The molecule has 0 saturated heterocycles. The van der Waals surface area contributed by atoms with E-state index in [0.29, 0.717) is 42.8 Å². The van der Waals surface area contributed by atoms with E-state index in [2.05, 4.69) is 25.3 Å². The van der Waals surface area contributed by atoms with Crippen LogP contribution in [0.25, 0.3) is 0 Å². The Labute approximate surface area is 195 Å². The third kappa shape index (κ3) is 4.54. The third-order valence-electron chi connectivity index (χ3n) is 5.70. The fourth-order valence-electron chi connectivity index (χ4n) is 4.05. The topological polar surface area (TPSA) is 112 Å². The number of pyridine rings is 1. The summed E-state index contributed by atoms with van der Waals surface area (Å²) in [6.07, 6.45) is 14.5. The van der Waals surface area contributed by atoms with Crippen molar-refractivity contribution in [3.05, 3.63) is 96.4 Å². The van der Waals surface area contributed by atoms with E-state index in [0.717, 1.165) is 11.1 Å². The quantitative estimate of drug-likeness (QED) is 0.453. The van der Waals surface area contributed by atoms with Gasteiger partial charge in [-0.2, -0.15) is 0 Å². The van der Waals surface area contributed by atoms with Crippen LogP contribution in [0.2, 0.25) is 0 Å². The minimum Gasteiger partial charge on any atom is -0.482 e. The van der Waals surface area contributed by atoms with Crippen molar-refractivity contribution in [1.29, 1.82) is 0 Å². The number of carbonyl (C=O) groups excluding carboxylic acids is 2. The van der Waals surface area contributed by atoms with Crippen LogP contribution in [0.3, 0.4) is 0 Å². The molecule has 1 aliphatic carbocycles. The Bertz CT molecular complexity index is 1290. The van der Waals surface area contributed by atoms with Gasteiger partial charge in [-0.15, -0.1) is 0 Å². The number of benzene rings is 1. The number of anilines is 1. The molecule has 1 N–H and O–H groups in total. The summed E-state index contributed by atoms with van der Waals surface area (Å²) in [6.45, 7) is 0.485. The maximum absolute atomic E-state index is 13.0. The number of amides is 1. The van der Waals surface area contributed by atoms with Crippen molar-refractivity contribution in [2.45, 2.75) is 31.9 Å². The first-order chi connectivity index (χ1) is 16.7. The summed E-state index contributed by atoms with van der Waals surface area (Å²) >= 11 is 0. The molecule has 1 aromatic carbocycles. The predicted molar refractivity (Wildman–Crippen MR) is 124 cm³/mol. The summed E-state index contributed by atoms with van der Waals surface area (Å²) in [4.78, 5) is 41.9. The van der Waals surface area contributed by atoms with Gasteiger partial charge in [-0.3, -0.25) is 19.6 Å². The number of imidazole rings is 1. The maximum Gasteiger partial charge on any atom is 0.275 e. The van der Waals surface area contributed by atoms with Gasteiger partial charge < -0.3 is 14.6 Å². The second-order valence-corrected chi connectivity index (χ2v) is 7.94. The van der Waals surface area contributed by atoms with Crippen molar-refractivity contribution < 1.29 is 14.3 Å². The number of hydrogen-bond acceptors (Lipinski definition) is 7. The smallest absolute Gasteiger partial charge is 0.275 e. The monoisotopic (exact) mass is 454 g/mol. The molecule has 0 fully saturated rings. The van der Waals surface area contributed by atoms with Gasteiger partial charge in [0.1, 0.15) is 17.5 Å². The Morgan fingerprint density at radius 2 is 1.97 bits per heavy atom. The van der Waals surface area contributed by atoms with E-state index >= 15 is 0 Å². The van der Waals surface area contributed by atoms with Gasteiger partial charge in [-0.1, -0.05) is 6.07 Å². The zero-order chi connectivity index (χ0) is 23.3. The molecular formula is C25H22N6O3. The molecule has 9 nitrogen and oxygen atoms in total. The summed E-state index contributed by atoms with van der Waals surface area (Å²) < 4.78 is 8.41. The van der Waals surface area contributed by atoms with Crippen LogP contribution in [-0.2, 0) is 13.0 Å². The van der Waals surface area contributed by atoms with Gasteiger partial charge in [0.2, 0.25) is 0 Å². The third-order valence-corrected chi connectivity index (χ3v) is 5.70. The largest absolute Gasteiger partial charge is 0.482 e. The van der Waals surface area contributed by atoms with Crippen molar-refractivity contribution >= 4 is 17.4 Å². The van der Waals surface area contributed by atoms with Crippen molar-refractivity contribution in [3.8, 4) is 5.75 Å². The molecular weight excluding hydrogens is 432 g/mol. The highest BCUT2D eigenvalue weighted by molar-refractivity contribution is 6.06. The van der Waals surface area contributed by atoms with Crippen LogP contribution >= 0.6 is 0 Å². The van der Waals surface area contributed by atoms with Crippen molar-refractivity contribution in [3.63, 3.8) is 0 Å². The second kappa shape index (κ2) is 9.62. The Morgan fingerprint density at radius 3 is 2.74 bits per heavy atom. The van der Waals surface area contributed by atoms with Crippen LogP contribution in [0.1, 0.15) is 50.9 Å². The molecule has 170 valence electrons. The van der Waals surface area contributed by atoms with Crippen LogP contribution in [0.5, 0.6) is 5.75 Å². The molecule has 3 heterocycles. The lowest BCUT2D eigenvalue weighted by molar-refractivity contribution is 0.0969. The van der Waals surface area contributed by atoms with E-state index in [1.165, 1.54) is 18.6 Å². The van der Waals surface area contributed by atoms with Crippen molar-refractivity contribution in [2.75, 3.05) is 5.32 Å². The number of aromatic nitrogens is 5. The van der Waals surface area contributed by atoms with Crippen LogP contribution in [0.4, 0.5) is 5.69 Å². The Kier molecular flexibility index (Phi) is 6.07. The number of ketones is 1. The lowest BCUT2D eigenvalue weighted by Crippen LogP contribution is -2.21. The van der Waals surface area contributed by atoms with Crippen molar-refractivity contribution in [2.24, 2.45) is 0 Å². The van der Waals surface area contributed by atoms with Gasteiger partial charge in [0.25, 0.3) is 5.91 Å². The predicted octanol–water partition coefficient (Wildman–Crippen LogP) is 3.66. The summed E-state index contributed by atoms with van der Waals surface area (Å²) in [5.41, 5.74) is 2.92. The van der Waals surface area contributed by atoms with E-state index in [-0.39, 0.29) is 11.5 Å². The number of hydrogen-bond donors (Lipinski definition) is 1. The number of nitrogens with one attached hydrogen (secondary N) is 1. The highest BCUT2D eigenvalue weighted by Gasteiger charge is 2.26. The van der Waals surface area contributed by atoms with Crippen LogP contribution in [-0.4, -0.2) is 36.2 Å². The van der Waals surface area contributed by atoms with Crippen molar-refractivity contribution in [1.82, 2.24) is 24.5 Å². The maximum atomic E-state index is 13.0. The molecule has 3 aromatic heterocycles. The molecule has 1 aliphatic rings. The first-order valence-electron chi connectivity index (χ1n) is 11.0. The molecule has 5 rings (SSSR count). The Hall–Kier alpha value is -4.40. The number of fused-ring (bicyclic) bond motifs is 1. The highest BCUT2D eigenvalue weighted by atomic mass is 16.5. The van der Waals surface area contributed by atoms with E-state index in [4.69, 9.17) is 4.74 Å². The molecule has 0 bridgehead atoms. The molecule has 0 saturated carbocycles. The summed E-state index contributed by atoms with van der Waals surface area (Å²) in [7, 11) is 0. The number of rotatable bonds is 7. The molecule has 9 heteroatoms. The first-order valence-corrected chi connectivity index (χ1v) is 11.0. The van der Waals surface area contributed by atoms with E-state index in [1.54, 1.807) is 37.1 Å². The number of ether oxygens (including phenoxy) is 1. The Balaban J connectivity index is 1.54. The van der Waals surface area contributed by atoms with Gasteiger partial charge in [-0.25, -0.2) is 9.97 Å². The SMILES string of the molecule is O=C(Nc1c(O[C@H](Cn2ccnc2)c2cccnc2)ccc2c1CCCC2=O)c1cnccn1. The fraction of sp³-hybridized carbons (Fsp3) is 0.200. The van der Waals surface area contributed by atoms with E-state index in [9.17, 15) is 9.59 Å². The van der Waals surface area contributed by atoms with Gasteiger partial charge in [-0.05, 0) is 36.6 Å². The van der Waals surface area contributed by atoms with Gasteiger partial charge in [0.05, 0.1) is 24.8 Å². The van der Waals surface area contributed by atoms with Crippen LogP contribution in [0.15, 0.2) is 74.0 Å². The minimum atomic E-state index is -0.420. The lowest BCUT2D eigenvalue weighted by atomic mass is 9.89. The van der Waals surface area contributed by atoms with E-state index in [1.807, 2.05) is 22.9 Å². The van der Waals surface area contributed by atoms with Gasteiger partial charge in [0, 0.05) is 54.7 Å². The molecule has 1 amide bonds. The molecule has 4 aromatic rings. The number of Topliss-reactive ketones (excluding diaryl/α,β-unsaturated/α-hetero) is 1. The normalized spacial score (nSPS) is 13.7. The molecule has 0 radical (unpaired) electrons. The summed E-state index contributed by atoms with van der Waals surface area (Å²) in [5.74, 6) is 0.113. The van der Waals surface area contributed by atoms with Gasteiger partial charge >= 0.3 is 0 Å². The first kappa shape index (κ1) is 21.4. The highest BCUT2D eigenvalue weighted by Crippen LogP contribution is 2.38. The average molecular weight is 454 g/mol. The van der Waals surface area contributed by atoms with Gasteiger partial charge in [0.15, 0.2) is 5.78 Å². The molecule has 1 atom stereocenters. The van der Waals surface area contributed by atoms with Crippen LogP contribution < -0.4 is 10.1 Å². The Morgan fingerprint density at radius 1 is 1.06 bits per heavy atom. The minimum absolute atomic E-state index is 0.0602. The zero-order valence-electron chi connectivity index (χ0n) is 18.3. The van der Waals surface area contributed by atoms with E-state index < -0.39 is 12.0 Å². The number of nitrogens with zero attached hydrogens (tertiary/aromatic N) is 5. The number of carbonyl (C=O) groups is 2. The fourth-order valence-corrected chi connectivity index (χ4v) is 4.05. The molecule has 0 unspecified atom stereocenters. The average Bonchev–Trinajstić information content (AvgIpc) is 3.39. The molecule has 0 aliphatic heterocycles. The zero-order valence-corrected chi connectivity index (χ0v) is 18.3. The summed E-state index contributed by atoms with van der Waals surface area (Å²) in [6, 6.07) is 7.31. The summed E-state index contributed by atoms with van der Waals surface area (Å²) in [5, 5.41) is 2.94. The lowest BCUT2D eigenvalue weighted by Gasteiger charge is -2.25. The second-order valence-electron chi connectivity index (χ2n) is 7.94. The standard InChI is InChI=1S/C25H22N6O3/c32-21-5-1-4-19-18(21)6-7-22(24(19)30-25(33)20-14-27-9-10-29-20)34-23(15-31-12-11-28-16-31)17-3-2-8-26-13-17/h2-3,6-14,16,23H,1,4-5,15H2,(H,30,33)/t23-/m1/s1. The molecule has 0 spiro atoms. The van der Waals surface area contributed by atoms with Crippen LogP contribution in [0, 0.1) is 0 Å².